The van der Waals surface area contributed by atoms with Crippen LogP contribution in [0.1, 0.15) is 24.2 Å². The topological polar surface area (TPSA) is 72.6 Å². The number of non-ortho nitro benzene ring substituents is 1. The molecule has 21 heavy (non-hydrogen) atoms. The molecule has 0 heterocycles. The first-order chi connectivity index (χ1) is 9.97. The van der Waals surface area contributed by atoms with Crippen LogP contribution in [0.5, 0.6) is 5.75 Å². The second-order valence-electron chi connectivity index (χ2n) is 4.57. The molecule has 0 aliphatic heterocycles. The second-order valence-corrected chi connectivity index (χ2v) is 4.57. The lowest BCUT2D eigenvalue weighted by molar-refractivity contribution is -0.385. The average Bonchev–Trinajstić information content (AvgIpc) is 2.44. The predicted octanol–water partition coefficient (Wildman–Crippen LogP) is 3.37. The molecule has 0 fully saturated rings. The summed E-state index contributed by atoms with van der Waals surface area (Å²) in [5.41, 5.74) is 0.828. The van der Waals surface area contributed by atoms with Crippen LogP contribution in [0.4, 0.5) is 10.1 Å². The number of hydrogen-bond donors (Lipinski definition) is 1. The van der Waals surface area contributed by atoms with Crippen LogP contribution in [0.25, 0.3) is 0 Å². The molecular weight excluding hydrogens is 277 g/mol. The molecule has 6 heteroatoms. The van der Waals surface area contributed by atoms with Crippen LogP contribution < -0.4 is 4.74 Å². The highest BCUT2D eigenvalue weighted by Gasteiger charge is 2.15. The molecule has 0 saturated carbocycles. The molecule has 0 bridgehead atoms. The Morgan fingerprint density at radius 2 is 2.10 bits per heavy atom. The fraction of sp³-hybridized carbons (Fsp3) is 0.200. The van der Waals surface area contributed by atoms with E-state index in [4.69, 9.17) is 4.74 Å². The number of halogens is 1. The fourth-order valence-electron chi connectivity index (χ4n) is 1.90. The van der Waals surface area contributed by atoms with Crippen molar-refractivity contribution in [3.05, 3.63) is 69.5 Å². The first kappa shape index (κ1) is 14.9. The van der Waals surface area contributed by atoms with E-state index in [2.05, 4.69) is 0 Å². The van der Waals surface area contributed by atoms with E-state index in [-0.39, 0.29) is 18.1 Å². The summed E-state index contributed by atoms with van der Waals surface area (Å²) in [5.74, 6) is -0.0320. The maximum atomic E-state index is 13.1. The molecule has 5 nitrogen and oxygen atoms in total. The van der Waals surface area contributed by atoms with Gasteiger partial charge in [-0.05, 0) is 30.7 Å². The highest BCUT2D eigenvalue weighted by atomic mass is 19.1. The van der Waals surface area contributed by atoms with E-state index in [9.17, 15) is 19.6 Å². The molecule has 1 unspecified atom stereocenters. The summed E-state index contributed by atoms with van der Waals surface area (Å²) in [5, 5.41) is 20.4. The third-order valence-corrected chi connectivity index (χ3v) is 2.94. The van der Waals surface area contributed by atoms with Crippen LogP contribution in [-0.2, 0) is 6.61 Å². The van der Waals surface area contributed by atoms with Gasteiger partial charge in [-0.3, -0.25) is 10.1 Å². The minimum Gasteiger partial charge on any atom is -0.489 e. The minimum atomic E-state index is -0.910. The minimum absolute atomic E-state index is 0.106. The van der Waals surface area contributed by atoms with Crippen LogP contribution >= 0.6 is 0 Å². The van der Waals surface area contributed by atoms with E-state index < -0.39 is 11.0 Å². The van der Waals surface area contributed by atoms with E-state index in [1.54, 1.807) is 12.1 Å². The number of hydrogen-bond acceptors (Lipinski definition) is 4. The molecule has 1 N–H and O–H groups in total. The lowest BCUT2D eigenvalue weighted by atomic mass is 10.1. The summed E-state index contributed by atoms with van der Waals surface area (Å²) in [7, 11) is 0. The number of aliphatic hydroxyl groups excluding tert-OH is 1. The summed E-state index contributed by atoms with van der Waals surface area (Å²) < 4.78 is 18.6. The molecular formula is C15H14FNO4. The number of nitrogens with zero attached hydrogens (tertiary/aromatic N) is 1. The van der Waals surface area contributed by atoms with Crippen LogP contribution in [0.15, 0.2) is 42.5 Å². The zero-order chi connectivity index (χ0) is 15.4. The average molecular weight is 291 g/mol. The summed E-state index contributed by atoms with van der Waals surface area (Å²) in [6.45, 7) is 1.60. The van der Waals surface area contributed by atoms with Gasteiger partial charge < -0.3 is 9.84 Å². The van der Waals surface area contributed by atoms with Crippen molar-refractivity contribution < 1.29 is 19.2 Å². The number of nitro groups is 1. The molecule has 2 aromatic carbocycles. The molecule has 0 saturated heterocycles. The Hall–Kier alpha value is -2.47. The monoisotopic (exact) mass is 291 g/mol. The van der Waals surface area contributed by atoms with Gasteiger partial charge in [-0.15, -0.1) is 0 Å². The van der Waals surface area contributed by atoms with Crippen LogP contribution in [-0.4, -0.2) is 10.0 Å². The Morgan fingerprint density at radius 3 is 2.71 bits per heavy atom. The van der Waals surface area contributed by atoms with Gasteiger partial charge >= 0.3 is 0 Å². The molecule has 0 aliphatic rings. The molecule has 0 radical (unpaired) electrons. The summed E-state index contributed by atoms with van der Waals surface area (Å²) in [6, 6.07) is 9.94. The van der Waals surface area contributed by atoms with Crippen molar-refractivity contribution in [2.24, 2.45) is 0 Å². The van der Waals surface area contributed by atoms with Gasteiger partial charge in [-0.25, -0.2) is 4.39 Å². The van der Waals surface area contributed by atoms with Gasteiger partial charge in [0.05, 0.1) is 11.0 Å². The Bertz CT molecular complexity index is 658. The smallest absolute Gasteiger partial charge is 0.270 e. The van der Waals surface area contributed by atoms with Gasteiger partial charge in [0.25, 0.3) is 5.69 Å². The van der Waals surface area contributed by atoms with Crippen molar-refractivity contribution in [2.45, 2.75) is 19.6 Å². The van der Waals surface area contributed by atoms with Gasteiger partial charge in [0.2, 0.25) is 0 Å². The van der Waals surface area contributed by atoms with E-state index in [1.165, 1.54) is 37.3 Å². The van der Waals surface area contributed by atoms with Crippen molar-refractivity contribution in [1.29, 1.82) is 0 Å². The predicted molar refractivity (Wildman–Crippen MR) is 74.5 cm³/mol. The maximum absolute atomic E-state index is 13.1. The number of rotatable bonds is 5. The van der Waals surface area contributed by atoms with E-state index in [0.717, 1.165) is 0 Å². The van der Waals surface area contributed by atoms with Crippen LogP contribution in [0, 0.1) is 15.9 Å². The van der Waals surface area contributed by atoms with Gasteiger partial charge in [-0.2, -0.15) is 0 Å². The molecule has 0 aromatic heterocycles. The maximum Gasteiger partial charge on any atom is 0.270 e. The Balaban J connectivity index is 2.21. The standard InChI is InChI=1S/C15H14FNO4/c1-10(18)14-8-13(17(19)20)5-6-15(14)21-9-11-3-2-4-12(16)7-11/h2-8,10,18H,9H2,1H3. The highest BCUT2D eigenvalue weighted by molar-refractivity contribution is 5.44. The van der Waals surface area contributed by atoms with Gasteiger partial charge in [0.1, 0.15) is 18.2 Å². The van der Waals surface area contributed by atoms with Crippen molar-refractivity contribution in [3.63, 3.8) is 0 Å². The van der Waals surface area contributed by atoms with Crippen molar-refractivity contribution in [3.8, 4) is 5.75 Å². The van der Waals surface area contributed by atoms with Crippen LogP contribution in [0.2, 0.25) is 0 Å². The van der Waals surface area contributed by atoms with E-state index in [0.29, 0.717) is 16.9 Å². The molecule has 2 rings (SSSR count). The van der Waals surface area contributed by atoms with Crippen molar-refractivity contribution >= 4 is 5.69 Å². The number of ether oxygens (including phenoxy) is 1. The third-order valence-electron chi connectivity index (χ3n) is 2.94. The molecule has 0 aliphatic carbocycles. The van der Waals surface area contributed by atoms with E-state index in [1.807, 2.05) is 0 Å². The molecule has 0 spiro atoms. The quantitative estimate of drug-likeness (QED) is 0.677. The normalized spacial score (nSPS) is 12.0. The van der Waals surface area contributed by atoms with E-state index >= 15 is 0 Å². The summed E-state index contributed by atoms with van der Waals surface area (Å²) in [6.07, 6.45) is -0.910. The fourth-order valence-corrected chi connectivity index (χ4v) is 1.90. The Morgan fingerprint density at radius 1 is 1.33 bits per heavy atom. The molecule has 0 amide bonds. The number of benzene rings is 2. The lowest BCUT2D eigenvalue weighted by Gasteiger charge is -2.13. The van der Waals surface area contributed by atoms with Gasteiger partial charge in [0.15, 0.2) is 0 Å². The molecule has 2 aromatic rings. The molecule has 1 atom stereocenters. The van der Waals surface area contributed by atoms with Crippen molar-refractivity contribution in [2.75, 3.05) is 0 Å². The lowest BCUT2D eigenvalue weighted by Crippen LogP contribution is -2.02. The first-order valence-electron chi connectivity index (χ1n) is 6.31. The summed E-state index contributed by atoms with van der Waals surface area (Å²) in [4.78, 5) is 10.2. The summed E-state index contributed by atoms with van der Waals surface area (Å²) >= 11 is 0. The second kappa shape index (κ2) is 6.32. The third kappa shape index (κ3) is 3.76. The highest BCUT2D eigenvalue weighted by Crippen LogP contribution is 2.29. The zero-order valence-corrected chi connectivity index (χ0v) is 11.3. The molecule has 110 valence electrons. The first-order valence-corrected chi connectivity index (χ1v) is 6.31. The van der Waals surface area contributed by atoms with Gasteiger partial charge in [0, 0.05) is 17.7 Å². The van der Waals surface area contributed by atoms with Crippen molar-refractivity contribution in [1.82, 2.24) is 0 Å². The number of aliphatic hydroxyl groups is 1. The largest absolute Gasteiger partial charge is 0.489 e. The van der Waals surface area contributed by atoms with Crippen LogP contribution in [0.3, 0.4) is 0 Å². The Labute approximate surface area is 120 Å². The SMILES string of the molecule is CC(O)c1cc([N+](=O)[O-])ccc1OCc1cccc(F)c1. The Kier molecular flexibility index (Phi) is 4.49. The zero-order valence-electron chi connectivity index (χ0n) is 11.3. The van der Waals surface area contributed by atoms with Gasteiger partial charge in [-0.1, -0.05) is 12.1 Å². The number of nitro benzene ring substituents is 1.